The van der Waals surface area contributed by atoms with Gasteiger partial charge in [-0.3, -0.25) is 14.9 Å². The molecule has 0 atom stereocenters. The molecule has 0 saturated carbocycles. The summed E-state index contributed by atoms with van der Waals surface area (Å²) in [7, 11) is 0. The molecule has 3 aromatic carbocycles. The van der Waals surface area contributed by atoms with E-state index in [1.165, 1.54) is 23.0 Å². The zero-order valence-corrected chi connectivity index (χ0v) is 17.0. The number of nitrogens with one attached hydrogen (secondary N) is 1. The lowest BCUT2D eigenvalue weighted by Gasteiger charge is -2.07. The van der Waals surface area contributed by atoms with Crippen molar-refractivity contribution in [3.8, 4) is 11.4 Å². The number of fused-ring (bicyclic) bond motifs is 1. The topological polar surface area (TPSA) is 112 Å². The first-order chi connectivity index (χ1) is 14.9. The predicted octanol–water partition coefficient (Wildman–Crippen LogP) is 4.63. The third-order valence-electron chi connectivity index (χ3n) is 4.40. The number of halogens is 1. The van der Waals surface area contributed by atoms with Crippen LogP contribution in [0.25, 0.3) is 16.7 Å². The fraction of sp³-hybridized carbons (Fsp3) is 0.0952. The molecule has 0 bridgehead atoms. The summed E-state index contributed by atoms with van der Waals surface area (Å²) in [6.07, 6.45) is 0. The number of benzene rings is 3. The molecule has 1 heterocycles. The first-order valence-corrected chi connectivity index (χ1v) is 9.68. The Morgan fingerprint density at radius 3 is 2.68 bits per heavy atom. The molecule has 0 saturated heterocycles. The van der Waals surface area contributed by atoms with Gasteiger partial charge in [0.2, 0.25) is 0 Å². The molecule has 0 aliphatic carbocycles. The summed E-state index contributed by atoms with van der Waals surface area (Å²) >= 11 is 6.03. The summed E-state index contributed by atoms with van der Waals surface area (Å²) < 4.78 is 5.25. The van der Waals surface area contributed by atoms with Crippen LogP contribution in [0.2, 0.25) is 5.02 Å². The molecule has 1 aromatic heterocycles. The van der Waals surface area contributed by atoms with Gasteiger partial charge in [-0.2, -0.15) is 4.80 Å². The summed E-state index contributed by atoms with van der Waals surface area (Å²) in [6.45, 7) is 2.01. The van der Waals surface area contributed by atoms with E-state index >= 15 is 0 Å². The minimum atomic E-state index is -0.581. The number of rotatable bonds is 6. The largest absolute Gasteiger partial charge is 0.487 e. The van der Waals surface area contributed by atoms with Gasteiger partial charge in [0, 0.05) is 22.3 Å². The van der Waals surface area contributed by atoms with Crippen molar-refractivity contribution in [2.75, 3.05) is 11.9 Å². The monoisotopic (exact) mass is 437 g/mol. The van der Waals surface area contributed by atoms with Crippen molar-refractivity contribution < 1.29 is 14.5 Å². The van der Waals surface area contributed by atoms with Gasteiger partial charge in [0.05, 0.1) is 17.2 Å². The number of hydrogen-bond acceptors (Lipinski definition) is 6. The van der Waals surface area contributed by atoms with E-state index in [0.29, 0.717) is 27.4 Å². The van der Waals surface area contributed by atoms with Gasteiger partial charge in [-0.1, -0.05) is 17.7 Å². The maximum atomic E-state index is 12.6. The number of hydrogen-bond donors (Lipinski definition) is 1. The highest BCUT2D eigenvalue weighted by Crippen LogP contribution is 2.28. The van der Waals surface area contributed by atoms with Crippen LogP contribution in [0.5, 0.6) is 5.75 Å². The van der Waals surface area contributed by atoms with Crippen LogP contribution in [0.3, 0.4) is 0 Å². The van der Waals surface area contributed by atoms with Crippen LogP contribution in [-0.2, 0) is 0 Å². The molecule has 1 amide bonds. The number of nitro groups is 1. The van der Waals surface area contributed by atoms with E-state index in [1.54, 1.807) is 43.3 Å². The summed E-state index contributed by atoms with van der Waals surface area (Å²) in [6, 6.07) is 16.3. The maximum Gasteiger partial charge on any atom is 0.311 e. The second-order valence-corrected chi connectivity index (χ2v) is 6.94. The van der Waals surface area contributed by atoms with Gasteiger partial charge in [0.1, 0.15) is 11.0 Å². The second-order valence-electron chi connectivity index (χ2n) is 6.50. The molecular weight excluding hydrogens is 422 g/mol. The molecule has 4 rings (SSSR count). The van der Waals surface area contributed by atoms with Gasteiger partial charge >= 0.3 is 5.69 Å². The molecule has 1 N–H and O–H groups in total. The van der Waals surface area contributed by atoms with Gasteiger partial charge < -0.3 is 10.1 Å². The molecule has 4 aromatic rings. The molecule has 0 aliphatic rings. The van der Waals surface area contributed by atoms with Gasteiger partial charge in [-0.15, -0.1) is 10.2 Å². The van der Waals surface area contributed by atoms with Crippen LogP contribution in [0.15, 0.2) is 60.7 Å². The van der Waals surface area contributed by atoms with Crippen molar-refractivity contribution in [1.29, 1.82) is 0 Å². The number of nitro benzene ring substituents is 1. The lowest BCUT2D eigenvalue weighted by Crippen LogP contribution is -2.12. The molecule has 0 spiro atoms. The minimum absolute atomic E-state index is 0.114. The van der Waals surface area contributed by atoms with Crippen molar-refractivity contribution in [1.82, 2.24) is 15.0 Å². The average Bonchev–Trinajstić information content (AvgIpc) is 3.17. The molecule has 0 radical (unpaired) electrons. The first-order valence-electron chi connectivity index (χ1n) is 9.30. The number of anilines is 1. The summed E-state index contributed by atoms with van der Waals surface area (Å²) in [4.78, 5) is 24.8. The number of carbonyl (C=O) groups is 1. The van der Waals surface area contributed by atoms with E-state index in [2.05, 4.69) is 15.5 Å². The number of amides is 1. The minimum Gasteiger partial charge on any atom is -0.487 e. The lowest BCUT2D eigenvalue weighted by molar-refractivity contribution is -0.385. The zero-order valence-electron chi connectivity index (χ0n) is 16.3. The Labute approximate surface area is 181 Å². The van der Waals surface area contributed by atoms with E-state index in [-0.39, 0.29) is 23.6 Å². The van der Waals surface area contributed by atoms with Crippen molar-refractivity contribution >= 4 is 39.9 Å². The van der Waals surface area contributed by atoms with Crippen LogP contribution >= 0.6 is 11.6 Å². The van der Waals surface area contributed by atoms with E-state index in [0.717, 1.165) is 0 Å². The number of nitrogens with zero attached hydrogens (tertiary/aromatic N) is 4. The molecule has 0 unspecified atom stereocenters. The third-order valence-corrected chi connectivity index (χ3v) is 4.63. The summed E-state index contributed by atoms with van der Waals surface area (Å²) in [5, 5.41) is 23.4. The Hall–Kier alpha value is -3.98. The van der Waals surface area contributed by atoms with Crippen LogP contribution in [0.1, 0.15) is 17.3 Å². The Balaban J connectivity index is 1.59. The van der Waals surface area contributed by atoms with E-state index < -0.39 is 10.8 Å². The quantitative estimate of drug-likeness (QED) is 0.347. The van der Waals surface area contributed by atoms with Gasteiger partial charge in [0.15, 0.2) is 5.75 Å². The fourth-order valence-electron chi connectivity index (χ4n) is 2.99. The number of aromatic nitrogens is 3. The lowest BCUT2D eigenvalue weighted by atomic mass is 10.1. The average molecular weight is 438 g/mol. The Morgan fingerprint density at radius 2 is 1.94 bits per heavy atom. The third kappa shape index (κ3) is 4.31. The Kier molecular flexibility index (Phi) is 5.50. The van der Waals surface area contributed by atoms with E-state index in [1.807, 2.05) is 6.07 Å². The highest BCUT2D eigenvalue weighted by molar-refractivity contribution is 6.30. The van der Waals surface area contributed by atoms with Crippen molar-refractivity contribution in [2.24, 2.45) is 0 Å². The van der Waals surface area contributed by atoms with Gasteiger partial charge in [-0.05, 0) is 55.5 Å². The van der Waals surface area contributed by atoms with Crippen LogP contribution in [0, 0.1) is 10.1 Å². The molecule has 0 aliphatic heterocycles. The van der Waals surface area contributed by atoms with Gasteiger partial charge in [-0.25, -0.2) is 0 Å². The van der Waals surface area contributed by atoms with Crippen LogP contribution < -0.4 is 10.1 Å². The zero-order chi connectivity index (χ0) is 22.0. The Bertz CT molecular complexity index is 1300. The summed E-state index contributed by atoms with van der Waals surface area (Å²) in [5.41, 5.74) is 2.25. The molecule has 10 heteroatoms. The van der Waals surface area contributed by atoms with Crippen molar-refractivity contribution in [3.05, 3.63) is 81.4 Å². The molecule has 9 nitrogen and oxygen atoms in total. The first kappa shape index (κ1) is 20.3. The Morgan fingerprint density at radius 1 is 1.13 bits per heavy atom. The van der Waals surface area contributed by atoms with E-state index in [9.17, 15) is 14.9 Å². The van der Waals surface area contributed by atoms with Gasteiger partial charge in [0.25, 0.3) is 5.91 Å². The highest BCUT2D eigenvalue weighted by Gasteiger charge is 2.19. The standard InChI is InChI=1S/C21H16ClN5O4/c1-2-31-20-9-6-13(10-19(20)27(29)30)21(28)23-15-7-8-17-18(12-15)25-26(24-17)16-5-3-4-14(22)11-16/h3-12H,2H2,1H3,(H,23,28). The highest BCUT2D eigenvalue weighted by atomic mass is 35.5. The fourth-order valence-corrected chi connectivity index (χ4v) is 3.17. The van der Waals surface area contributed by atoms with Crippen LogP contribution in [-0.4, -0.2) is 32.4 Å². The van der Waals surface area contributed by atoms with Crippen molar-refractivity contribution in [2.45, 2.75) is 6.92 Å². The number of ether oxygens (including phenoxy) is 1. The number of carbonyl (C=O) groups excluding carboxylic acids is 1. The molecule has 0 fully saturated rings. The van der Waals surface area contributed by atoms with Crippen molar-refractivity contribution in [3.63, 3.8) is 0 Å². The predicted molar refractivity (Wildman–Crippen MR) is 116 cm³/mol. The maximum absolute atomic E-state index is 12.6. The molecule has 156 valence electrons. The molecule has 31 heavy (non-hydrogen) atoms. The van der Waals surface area contributed by atoms with E-state index in [4.69, 9.17) is 16.3 Å². The van der Waals surface area contributed by atoms with Crippen LogP contribution in [0.4, 0.5) is 11.4 Å². The second kappa shape index (κ2) is 8.41. The molecular formula is C21H16ClN5O4. The SMILES string of the molecule is CCOc1ccc(C(=O)Nc2ccc3nn(-c4cccc(Cl)c4)nc3c2)cc1[N+](=O)[O-]. The smallest absolute Gasteiger partial charge is 0.311 e. The summed E-state index contributed by atoms with van der Waals surface area (Å²) in [5.74, 6) is -0.379. The normalized spacial score (nSPS) is 10.8.